The smallest absolute Gasteiger partial charge is 0.394 e. The predicted molar refractivity (Wildman–Crippen MR) is 57.8 cm³/mol. The van der Waals surface area contributed by atoms with Crippen molar-refractivity contribution in [2.45, 2.75) is 30.7 Å². The summed E-state index contributed by atoms with van der Waals surface area (Å²) < 4.78 is 34.5. The molecule has 1 aliphatic rings. The maximum atomic E-state index is 10.8. The number of phosphoric ester groups is 2. The lowest BCUT2D eigenvalue weighted by atomic mass is 9.99. The van der Waals surface area contributed by atoms with E-state index in [1.807, 2.05) is 0 Å². The SMILES string of the molecule is O=P(O)(O)O[C@H]1[C@H](OP(=O)(O)O)[C@@H](O)C(O)O[C@@H]1CO. The van der Waals surface area contributed by atoms with Crippen LogP contribution in [0.4, 0.5) is 0 Å². The summed E-state index contributed by atoms with van der Waals surface area (Å²) in [5, 5.41) is 27.8. The standard InChI is InChI=1S/C6H14O12P2/c7-1-2-4(17-19(10,11)12)5(18-20(13,14)15)3(8)6(9)16-2/h2-9H,1H2,(H2,10,11,12)(H2,13,14,15)/t2-,3-,4-,5-,6?/m1/s1. The minimum atomic E-state index is -5.18. The number of hydrogen-bond donors (Lipinski definition) is 7. The highest BCUT2D eigenvalue weighted by Crippen LogP contribution is 2.46. The fraction of sp³-hybridized carbons (Fsp3) is 1.00. The Bertz CT molecular complexity index is 390. The molecule has 1 aliphatic heterocycles. The van der Waals surface area contributed by atoms with E-state index in [2.05, 4.69) is 13.8 Å². The van der Waals surface area contributed by atoms with Crippen LogP contribution in [0.3, 0.4) is 0 Å². The fourth-order valence-corrected chi connectivity index (χ4v) is 2.75. The van der Waals surface area contributed by atoms with E-state index in [0.717, 1.165) is 0 Å². The summed E-state index contributed by atoms with van der Waals surface area (Å²) in [6, 6.07) is 0. The number of aliphatic hydroxyl groups excluding tert-OH is 3. The van der Waals surface area contributed by atoms with Crippen molar-refractivity contribution in [2.75, 3.05) is 6.61 Å². The van der Waals surface area contributed by atoms with E-state index in [-0.39, 0.29) is 0 Å². The quantitative estimate of drug-likeness (QED) is 0.250. The molecule has 0 amide bonds. The van der Waals surface area contributed by atoms with Crippen LogP contribution >= 0.6 is 15.6 Å². The van der Waals surface area contributed by atoms with Gasteiger partial charge in [-0.05, 0) is 0 Å². The van der Waals surface area contributed by atoms with Gasteiger partial charge in [-0.3, -0.25) is 9.05 Å². The third-order valence-corrected chi connectivity index (χ3v) is 3.37. The first-order valence-corrected chi connectivity index (χ1v) is 8.11. The predicted octanol–water partition coefficient (Wildman–Crippen LogP) is -2.99. The molecular formula is C6H14O12P2. The molecule has 0 spiro atoms. The molecule has 1 unspecified atom stereocenters. The van der Waals surface area contributed by atoms with Crippen LogP contribution in [-0.4, -0.2) is 72.2 Å². The highest BCUT2D eigenvalue weighted by molar-refractivity contribution is 7.46. The largest absolute Gasteiger partial charge is 0.470 e. The van der Waals surface area contributed by atoms with E-state index >= 15 is 0 Å². The zero-order valence-corrected chi connectivity index (χ0v) is 11.4. The third kappa shape index (κ3) is 5.11. The zero-order valence-electron chi connectivity index (χ0n) is 9.66. The average Bonchev–Trinajstić information content (AvgIpc) is 2.25. The first-order chi connectivity index (χ1) is 8.94. The number of phosphoric acid groups is 2. The van der Waals surface area contributed by atoms with Crippen LogP contribution in [0.15, 0.2) is 0 Å². The Morgan fingerprint density at radius 1 is 0.950 bits per heavy atom. The molecule has 0 aromatic heterocycles. The second-order valence-corrected chi connectivity index (χ2v) is 6.24. The molecule has 0 aromatic carbocycles. The Morgan fingerprint density at radius 3 is 1.80 bits per heavy atom. The summed E-state index contributed by atoms with van der Waals surface area (Å²) in [5.74, 6) is 0. The zero-order chi connectivity index (χ0) is 15.7. The van der Waals surface area contributed by atoms with Gasteiger partial charge in [0.05, 0.1) is 6.61 Å². The lowest BCUT2D eigenvalue weighted by Crippen LogP contribution is -2.59. The van der Waals surface area contributed by atoms with E-state index in [9.17, 15) is 19.3 Å². The molecule has 1 saturated heterocycles. The highest BCUT2D eigenvalue weighted by atomic mass is 31.2. The summed E-state index contributed by atoms with van der Waals surface area (Å²) in [7, 11) is -10.3. The van der Waals surface area contributed by atoms with Gasteiger partial charge in [0, 0.05) is 0 Å². The Kier molecular flexibility index (Phi) is 5.83. The Labute approximate surface area is 112 Å². The average molecular weight is 340 g/mol. The van der Waals surface area contributed by atoms with E-state index in [1.54, 1.807) is 0 Å². The molecule has 0 radical (unpaired) electrons. The Hall–Kier alpha value is 0.0600. The molecular weight excluding hydrogens is 326 g/mol. The molecule has 1 fully saturated rings. The highest BCUT2D eigenvalue weighted by Gasteiger charge is 2.50. The summed E-state index contributed by atoms with van der Waals surface area (Å²) in [4.78, 5) is 34.8. The number of aliphatic hydroxyl groups is 3. The van der Waals surface area contributed by atoms with Gasteiger partial charge >= 0.3 is 15.6 Å². The van der Waals surface area contributed by atoms with Crippen molar-refractivity contribution in [2.24, 2.45) is 0 Å². The molecule has 12 nitrogen and oxygen atoms in total. The summed E-state index contributed by atoms with van der Waals surface area (Å²) in [6.07, 6.45) is -9.61. The van der Waals surface area contributed by atoms with Crippen molar-refractivity contribution in [1.29, 1.82) is 0 Å². The number of ether oxygens (including phenoxy) is 1. The van der Waals surface area contributed by atoms with Crippen LogP contribution in [0.25, 0.3) is 0 Å². The van der Waals surface area contributed by atoms with Crippen LogP contribution in [-0.2, 0) is 22.9 Å². The van der Waals surface area contributed by atoms with Crippen molar-refractivity contribution < 1.29 is 57.8 Å². The van der Waals surface area contributed by atoms with Crippen LogP contribution in [0, 0.1) is 0 Å². The molecule has 20 heavy (non-hydrogen) atoms. The first-order valence-electron chi connectivity index (χ1n) is 5.05. The normalized spacial score (nSPS) is 36.0. The van der Waals surface area contributed by atoms with E-state index < -0.39 is 53.0 Å². The van der Waals surface area contributed by atoms with Gasteiger partial charge in [0.15, 0.2) is 6.29 Å². The van der Waals surface area contributed by atoms with Crippen molar-refractivity contribution >= 4 is 15.6 Å². The van der Waals surface area contributed by atoms with Crippen LogP contribution in [0.1, 0.15) is 0 Å². The molecule has 14 heteroatoms. The van der Waals surface area contributed by atoms with Crippen LogP contribution in [0.5, 0.6) is 0 Å². The van der Waals surface area contributed by atoms with Gasteiger partial charge in [0.25, 0.3) is 0 Å². The third-order valence-electron chi connectivity index (χ3n) is 2.33. The molecule has 0 saturated carbocycles. The molecule has 0 bridgehead atoms. The second kappa shape index (κ2) is 6.44. The van der Waals surface area contributed by atoms with Gasteiger partial charge < -0.3 is 39.6 Å². The molecule has 1 heterocycles. The van der Waals surface area contributed by atoms with E-state index in [0.29, 0.717) is 0 Å². The Balaban J connectivity index is 3.06. The number of rotatable bonds is 5. The lowest BCUT2D eigenvalue weighted by Gasteiger charge is -2.41. The summed E-state index contributed by atoms with van der Waals surface area (Å²) in [6.45, 7) is -0.921. The maximum absolute atomic E-state index is 10.8. The van der Waals surface area contributed by atoms with Crippen molar-refractivity contribution in [3.8, 4) is 0 Å². The van der Waals surface area contributed by atoms with Crippen molar-refractivity contribution in [1.82, 2.24) is 0 Å². The summed E-state index contributed by atoms with van der Waals surface area (Å²) in [5.41, 5.74) is 0. The van der Waals surface area contributed by atoms with E-state index in [4.69, 9.17) is 24.7 Å². The van der Waals surface area contributed by atoms with Gasteiger partial charge in [-0.25, -0.2) is 9.13 Å². The molecule has 120 valence electrons. The van der Waals surface area contributed by atoms with Gasteiger partial charge in [0.2, 0.25) is 0 Å². The van der Waals surface area contributed by atoms with Crippen molar-refractivity contribution in [3.05, 3.63) is 0 Å². The number of hydrogen-bond acceptors (Lipinski definition) is 8. The lowest BCUT2D eigenvalue weighted by molar-refractivity contribution is -0.280. The van der Waals surface area contributed by atoms with E-state index in [1.165, 1.54) is 0 Å². The van der Waals surface area contributed by atoms with Crippen LogP contribution < -0.4 is 0 Å². The summed E-state index contributed by atoms with van der Waals surface area (Å²) >= 11 is 0. The molecule has 7 N–H and O–H groups in total. The van der Waals surface area contributed by atoms with Crippen LogP contribution in [0.2, 0.25) is 0 Å². The minimum absolute atomic E-state index is 0.921. The van der Waals surface area contributed by atoms with Gasteiger partial charge in [-0.1, -0.05) is 0 Å². The molecule has 5 atom stereocenters. The molecule has 0 aliphatic carbocycles. The Morgan fingerprint density at radius 2 is 1.40 bits per heavy atom. The molecule has 1 rings (SSSR count). The fourth-order valence-electron chi connectivity index (χ4n) is 1.62. The van der Waals surface area contributed by atoms with Gasteiger partial charge in [0.1, 0.15) is 24.4 Å². The minimum Gasteiger partial charge on any atom is -0.394 e. The second-order valence-electron chi connectivity index (χ2n) is 3.86. The maximum Gasteiger partial charge on any atom is 0.470 e. The topological polar surface area (TPSA) is 203 Å². The monoisotopic (exact) mass is 340 g/mol. The van der Waals surface area contributed by atoms with Gasteiger partial charge in [-0.2, -0.15) is 0 Å². The first kappa shape index (κ1) is 18.1. The van der Waals surface area contributed by atoms with Gasteiger partial charge in [-0.15, -0.1) is 0 Å². The van der Waals surface area contributed by atoms with Crippen molar-refractivity contribution in [3.63, 3.8) is 0 Å². The molecule has 0 aromatic rings.